The van der Waals surface area contributed by atoms with Crippen LogP contribution >= 0.6 is 0 Å². The summed E-state index contributed by atoms with van der Waals surface area (Å²) in [6.07, 6.45) is -0.554. The summed E-state index contributed by atoms with van der Waals surface area (Å²) in [7, 11) is 0. The molecule has 4 atom stereocenters. The third-order valence-electron chi connectivity index (χ3n) is 7.29. The Morgan fingerprint density at radius 1 is 0.830 bits per heavy atom. The van der Waals surface area contributed by atoms with Crippen molar-refractivity contribution in [1.82, 2.24) is 15.5 Å². The van der Waals surface area contributed by atoms with Gasteiger partial charge in [-0.3, -0.25) is 14.4 Å². The number of hydrogen-bond acceptors (Lipinski definition) is 7. The van der Waals surface area contributed by atoms with Gasteiger partial charge in [-0.05, 0) is 84.9 Å². The van der Waals surface area contributed by atoms with Crippen LogP contribution in [0.15, 0.2) is 54.6 Å². The molecule has 0 spiro atoms. The zero-order chi connectivity index (χ0) is 35.5. The molecule has 4 amide bonds. The molecule has 0 fully saturated rings. The molecular weight excluding hydrogens is 600 g/mol. The maximum atomic E-state index is 14.5. The molecule has 4 unspecified atom stereocenters. The van der Waals surface area contributed by atoms with Crippen molar-refractivity contribution in [1.29, 1.82) is 0 Å². The van der Waals surface area contributed by atoms with Gasteiger partial charge in [0, 0.05) is 18.9 Å². The number of ether oxygens (including phenoxy) is 2. The van der Waals surface area contributed by atoms with Crippen LogP contribution in [0.5, 0.6) is 0 Å². The molecular formula is C36H52N4O7. The number of carbonyl (C=O) groups excluding carboxylic acids is 5. The molecule has 11 nitrogen and oxygen atoms in total. The number of rotatable bonds is 14. The number of aryl methyl sites for hydroxylation is 1. The van der Waals surface area contributed by atoms with Gasteiger partial charge in [-0.2, -0.15) is 0 Å². The molecule has 0 radical (unpaired) electrons. The van der Waals surface area contributed by atoms with E-state index in [4.69, 9.17) is 15.2 Å². The highest BCUT2D eigenvalue weighted by Crippen LogP contribution is 2.29. The minimum absolute atomic E-state index is 0.114. The maximum Gasteiger partial charge on any atom is 0.408 e. The summed E-state index contributed by atoms with van der Waals surface area (Å²) in [5.74, 6) is -2.49. The van der Waals surface area contributed by atoms with Crippen molar-refractivity contribution in [3.63, 3.8) is 0 Å². The molecule has 0 aliphatic heterocycles. The van der Waals surface area contributed by atoms with Crippen LogP contribution in [0.1, 0.15) is 97.4 Å². The monoisotopic (exact) mass is 652 g/mol. The van der Waals surface area contributed by atoms with Crippen LogP contribution in [0.4, 0.5) is 4.79 Å². The van der Waals surface area contributed by atoms with Crippen LogP contribution in [0, 0.1) is 6.92 Å². The average Bonchev–Trinajstić information content (AvgIpc) is 2.96. The highest BCUT2D eigenvalue weighted by atomic mass is 16.6. The molecule has 4 N–H and O–H groups in total. The number of amides is 4. The summed E-state index contributed by atoms with van der Waals surface area (Å²) in [5, 5.41) is 5.49. The second-order valence-corrected chi connectivity index (χ2v) is 13.8. The fourth-order valence-electron chi connectivity index (χ4n) is 4.95. The highest BCUT2D eigenvalue weighted by Gasteiger charge is 2.40. The number of carbonyl (C=O) groups is 5. The highest BCUT2D eigenvalue weighted by molar-refractivity contribution is 5.94. The van der Waals surface area contributed by atoms with E-state index in [1.54, 1.807) is 60.6 Å². The van der Waals surface area contributed by atoms with Crippen LogP contribution in [-0.2, 0) is 35.1 Å². The molecule has 258 valence electrons. The van der Waals surface area contributed by atoms with E-state index >= 15 is 0 Å². The number of nitrogens with zero attached hydrogens (tertiary/aromatic N) is 1. The lowest BCUT2D eigenvalue weighted by Crippen LogP contribution is -2.57. The first-order valence-electron chi connectivity index (χ1n) is 16.1. The third-order valence-corrected chi connectivity index (χ3v) is 7.29. The molecule has 0 heterocycles. The Labute approximate surface area is 278 Å². The summed E-state index contributed by atoms with van der Waals surface area (Å²) in [6.45, 7) is 15.8. The van der Waals surface area contributed by atoms with Crippen molar-refractivity contribution >= 4 is 29.8 Å². The van der Waals surface area contributed by atoms with Gasteiger partial charge in [0.25, 0.3) is 0 Å². The van der Waals surface area contributed by atoms with Crippen molar-refractivity contribution in [3.05, 3.63) is 71.3 Å². The molecule has 0 aromatic heterocycles. The Hall–Kier alpha value is -4.41. The van der Waals surface area contributed by atoms with E-state index in [9.17, 15) is 24.0 Å². The van der Waals surface area contributed by atoms with Crippen LogP contribution in [0.2, 0.25) is 0 Å². The Bertz CT molecular complexity index is 1380. The van der Waals surface area contributed by atoms with Gasteiger partial charge < -0.3 is 30.7 Å². The normalized spacial score (nSPS) is 14.1. The molecule has 2 aromatic rings. The Morgan fingerprint density at radius 3 is 1.94 bits per heavy atom. The van der Waals surface area contributed by atoms with Crippen LogP contribution < -0.4 is 16.4 Å². The second-order valence-electron chi connectivity index (χ2n) is 13.8. The number of benzene rings is 2. The lowest BCUT2D eigenvalue weighted by molar-refractivity contribution is -0.159. The van der Waals surface area contributed by atoms with E-state index in [1.165, 1.54) is 4.90 Å². The van der Waals surface area contributed by atoms with Gasteiger partial charge in [0.15, 0.2) is 0 Å². The fraction of sp³-hybridized carbons (Fsp3) is 0.528. The smallest absolute Gasteiger partial charge is 0.408 e. The molecule has 0 aliphatic rings. The average molecular weight is 653 g/mol. The number of primary amides is 1. The van der Waals surface area contributed by atoms with E-state index < -0.39 is 65.2 Å². The minimum atomic E-state index is -1.24. The van der Waals surface area contributed by atoms with Crippen molar-refractivity contribution in [2.75, 3.05) is 0 Å². The van der Waals surface area contributed by atoms with Gasteiger partial charge in [-0.15, -0.1) is 0 Å². The summed E-state index contributed by atoms with van der Waals surface area (Å²) < 4.78 is 11.1. The molecule has 11 heteroatoms. The predicted octanol–water partition coefficient (Wildman–Crippen LogP) is 4.89. The Balaban J connectivity index is 2.66. The van der Waals surface area contributed by atoms with Crippen LogP contribution in [0.3, 0.4) is 0 Å². The fourth-order valence-corrected chi connectivity index (χ4v) is 4.95. The van der Waals surface area contributed by atoms with Crippen molar-refractivity contribution in [3.8, 4) is 0 Å². The second kappa shape index (κ2) is 16.9. The van der Waals surface area contributed by atoms with Crippen molar-refractivity contribution < 1.29 is 33.4 Å². The largest absolute Gasteiger partial charge is 0.458 e. The first-order valence-corrected chi connectivity index (χ1v) is 16.1. The molecule has 2 aromatic carbocycles. The van der Waals surface area contributed by atoms with Gasteiger partial charge in [-0.1, -0.05) is 61.5 Å². The number of hydrogen-bond donors (Lipinski definition) is 3. The van der Waals surface area contributed by atoms with Gasteiger partial charge in [-0.25, -0.2) is 9.59 Å². The lowest BCUT2D eigenvalue weighted by atomic mass is 9.95. The molecule has 0 saturated carbocycles. The first kappa shape index (κ1) is 38.8. The summed E-state index contributed by atoms with van der Waals surface area (Å²) in [4.78, 5) is 68.6. The van der Waals surface area contributed by atoms with Crippen LogP contribution in [-0.4, -0.2) is 64.0 Å². The van der Waals surface area contributed by atoms with Crippen molar-refractivity contribution in [2.24, 2.45) is 5.73 Å². The number of nitrogens with one attached hydrogen (secondary N) is 2. The maximum absolute atomic E-state index is 14.5. The van der Waals surface area contributed by atoms with E-state index in [0.717, 1.165) is 11.1 Å². The first-order chi connectivity index (χ1) is 21.8. The van der Waals surface area contributed by atoms with Crippen molar-refractivity contribution in [2.45, 2.75) is 123 Å². The SMILES string of the molecule is CCC(C)N(C(=O)C(CCC(N)=O)NC(=O)OC(C)(C)C)C(C(=O)NC(Cc1ccccc1)C(=O)OC(C)(C)C)c1ccccc1C. The van der Waals surface area contributed by atoms with Crippen LogP contribution in [0.25, 0.3) is 0 Å². The zero-order valence-corrected chi connectivity index (χ0v) is 29.2. The third kappa shape index (κ3) is 12.7. The number of esters is 1. The molecule has 47 heavy (non-hydrogen) atoms. The zero-order valence-electron chi connectivity index (χ0n) is 29.2. The van der Waals surface area contributed by atoms with Gasteiger partial charge in [0.05, 0.1) is 0 Å². The summed E-state index contributed by atoms with van der Waals surface area (Å²) in [5.41, 5.74) is 5.84. The minimum Gasteiger partial charge on any atom is -0.458 e. The predicted molar refractivity (Wildman–Crippen MR) is 180 cm³/mol. The lowest BCUT2D eigenvalue weighted by Gasteiger charge is -2.39. The summed E-state index contributed by atoms with van der Waals surface area (Å²) >= 11 is 0. The van der Waals surface area contributed by atoms with E-state index in [-0.39, 0.29) is 19.3 Å². The topological polar surface area (TPSA) is 157 Å². The van der Waals surface area contributed by atoms with E-state index in [1.807, 2.05) is 56.3 Å². The number of nitrogens with two attached hydrogens (primary N) is 1. The van der Waals surface area contributed by atoms with E-state index in [2.05, 4.69) is 10.6 Å². The molecule has 0 saturated heterocycles. The Morgan fingerprint density at radius 2 is 1.40 bits per heavy atom. The molecule has 0 aliphatic carbocycles. The van der Waals surface area contributed by atoms with Gasteiger partial charge >= 0.3 is 12.1 Å². The molecule has 2 rings (SSSR count). The van der Waals surface area contributed by atoms with E-state index in [0.29, 0.717) is 12.0 Å². The van der Waals surface area contributed by atoms with Gasteiger partial charge in [0.2, 0.25) is 17.7 Å². The Kier molecular flexibility index (Phi) is 14.0. The summed E-state index contributed by atoms with van der Waals surface area (Å²) in [6, 6.07) is 12.4. The quantitative estimate of drug-likeness (QED) is 0.245. The van der Waals surface area contributed by atoms with Gasteiger partial charge in [0.1, 0.15) is 29.3 Å². The number of alkyl carbamates (subject to hydrolysis) is 1. The molecule has 0 bridgehead atoms. The standard InChI is InChI=1S/C36H52N4O7/c1-10-24(3)40(32(43)27(20-21-29(37)41)39-34(45)47-36(7,8)9)30(26-19-15-14-16-23(26)2)31(42)38-28(33(44)46-35(4,5)6)22-25-17-12-11-13-18-25/h11-19,24,27-28,30H,10,20-22H2,1-9H3,(H2,37,41)(H,38,42)(H,39,45).